The summed E-state index contributed by atoms with van der Waals surface area (Å²) < 4.78 is 0. The van der Waals surface area contributed by atoms with Crippen LogP contribution in [0.1, 0.15) is 34.1 Å². The van der Waals surface area contributed by atoms with Gasteiger partial charge in [0.2, 0.25) is 0 Å². The summed E-state index contributed by atoms with van der Waals surface area (Å²) in [5.41, 5.74) is 0. The first kappa shape index (κ1) is 12.4. The first-order valence-corrected chi connectivity index (χ1v) is 4.53. The van der Waals surface area contributed by atoms with Crippen molar-refractivity contribution in [3.05, 3.63) is 0 Å². The van der Waals surface area contributed by atoms with Gasteiger partial charge in [-0.3, -0.25) is 9.69 Å². The molecule has 0 rings (SSSR count). The van der Waals surface area contributed by atoms with Gasteiger partial charge in [-0.15, -0.1) is 0 Å². The number of nitrogens with zero attached hydrogens (tertiary/aromatic N) is 1. The third-order valence-corrected chi connectivity index (χ3v) is 1.89. The van der Waals surface area contributed by atoms with E-state index in [0.717, 1.165) is 0 Å². The highest BCUT2D eigenvalue weighted by molar-refractivity contribution is 5.67. The van der Waals surface area contributed by atoms with E-state index in [9.17, 15) is 9.90 Å². The Morgan fingerprint density at radius 3 is 1.85 bits per heavy atom. The predicted octanol–water partition coefficient (Wildman–Crippen LogP) is 0.898. The average Bonchev–Trinajstić information content (AvgIpc) is 1.81. The monoisotopic (exact) mass is 189 g/mol. The second kappa shape index (κ2) is 5.19. The number of aliphatic carboxylic acids is 1. The SMILES string of the molecule is CC(C)N(C(C)C)C(O)CC(=O)O. The zero-order chi connectivity index (χ0) is 10.6. The van der Waals surface area contributed by atoms with E-state index in [1.807, 2.05) is 27.7 Å². The molecule has 0 spiro atoms. The number of rotatable bonds is 5. The van der Waals surface area contributed by atoms with E-state index < -0.39 is 12.2 Å². The van der Waals surface area contributed by atoms with Crippen LogP contribution in [0.2, 0.25) is 0 Å². The molecule has 0 saturated heterocycles. The van der Waals surface area contributed by atoms with Crippen LogP contribution in [0.4, 0.5) is 0 Å². The molecule has 4 nitrogen and oxygen atoms in total. The molecule has 78 valence electrons. The molecular weight excluding hydrogens is 170 g/mol. The van der Waals surface area contributed by atoms with Gasteiger partial charge in [-0.05, 0) is 27.7 Å². The van der Waals surface area contributed by atoms with Crippen LogP contribution < -0.4 is 0 Å². The van der Waals surface area contributed by atoms with Gasteiger partial charge in [-0.2, -0.15) is 0 Å². The third-order valence-electron chi connectivity index (χ3n) is 1.89. The molecule has 0 aromatic heterocycles. The van der Waals surface area contributed by atoms with Crippen molar-refractivity contribution in [1.82, 2.24) is 4.90 Å². The Bertz CT molecular complexity index is 160. The maximum absolute atomic E-state index is 10.4. The Morgan fingerprint density at radius 2 is 1.62 bits per heavy atom. The van der Waals surface area contributed by atoms with Gasteiger partial charge in [0.25, 0.3) is 0 Å². The first-order valence-electron chi connectivity index (χ1n) is 4.53. The molecule has 0 aliphatic heterocycles. The van der Waals surface area contributed by atoms with Crippen molar-refractivity contribution >= 4 is 5.97 Å². The number of aliphatic hydroxyl groups is 1. The van der Waals surface area contributed by atoms with Crippen molar-refractivity contribution in [2.45, 2.75) is 52.4 Å². The second-order valence-corrected chi connectivity index (χ2v) is 3.71. The standard InChI is InChI=1S/C9H19NO3/c1-6(2)10(7(3)4)8(11)5-9(12)13/h6-8,11H,5H2,1-4H3,(H,12,13). The molecule has 0 aromatic carbocycles. The molecule has 2 N–H and O–H groups in total. The Morgan fingerprint density at radius 1 is 1.23 bits per heavy atom. The largest absolute Gasteiger partial charge is 0.481 e. The van der Waals surface area contributed by atoms with Gasteiger partial charge in [0.15, 0.2) is 0 Å². The molecule has 0 aliphatic rings. The van der Waals surface area contributed by atoms with Crippen LogP contribution in [0.3, 0.4) is 0 Å². The lowest BCUT2D eigenvalue weighted by molar-refractivity contribution is -0.144. The molecule has 0 amide bonds. The Hall–Kier alpha value is -0.610. The lowest BCUT2D eigenvalue weighted by Gasteiger charge is -2.34. The fraction of sp³-hybridized carbons (Fsp3) is 0.889. The molecular formula is C9H19NO3. The highest BCUT2D eigenvalue weighted by atomic mass is 16.4. The number of hydrogen-bond donors (Lipinski definition) is 2. The molecule has 1 atom stereocenters. The molecule has 0 fully saturated rings. The van der Waals surface area contributed by atoms with Gasteiger partial charge in [0, 0.05) is 12.1 Å². The van der Waals surface area contributed by atoms with Crippen LogP contribution in [-0.2, 0) is 4.79 Å². The van der Waals surface area contributed by atoms with Gasteiger partial charge in [-0.25, -0.2) is 0 Å². The molecule has 4 heteroatoms. The highest BCUT2D eigenvalue weighted by Gasteiger charge is 2.23. The number of carboxylic acid groups (broad SMARTS) is 1. The zero-order valence-corrected chi connectivity index (χ0v) is 8.69. The summed E-state index contributed by atoms with van der Waals surface area (Å²) in [5.74, 6) is -0.973. The molecule has 0 bridgehead atoms. The smallest absolute Gasteiger partial charge is 0.307 e. The molecule has 0 aliphatic carbocycles. The molecule has 0 saturated carbocycles. The highest BCUT2D eigenvalue weighted by Crippen LogP contribution is 2.11. The fourth-order valence-electron chi connectivity index (χ4n) is 1.55. The summed E-state index contributed by atoms with van der Waals surface area (Å²) in [5, 5.41) is 18.1. The summed E-state index contributed by atoms with van der Waals surface area (Å²) in [7, 11) is 0. The van der Waals surface area contributed by atoms with Crippen molar-refractivity contribution in [3.63, 3.8) is 0 Å². The average molecular weight is 189 g/mol. The molecule has 0 radical (unpaired) electrons. The van der Waals surface area contributed by atoms with E-state index in [1.54, 1.807) is 4.90 Å². The van der Waals surface area contributed by atoms with E-state index in [0.29, 0.717) is 0 Å². The van der Waals surface area contributed by atoms with E-state index in [4.69, 9.17) is 5.11 Å². The summed E-state index contributed by atoms with van der Waals surface area (Å²) in [6.45, 7) is 7.74. The second-order valence-electron chi connectivity index (χ2n) is 3.71. The number of carboxylic acids is 1. The van der Waals surface area contributed by atoms with Gasteiger partial charge in [-0.1, -0.05) is 0 Å². The number of carbonyl (C=O) groups is 1. The minimum atomic E-state index is -0.973. The van der Waals surface area contributed by atoms with Crippen molar-refractivity contribution in [3.8, 4) is 0 Å². The Labute approximate surface area is 79.2 Å². The van der Waals surface area contributed by atoms with Gasteiger partial charge >= 0.3 is 5.97 Å². The Kier molecular flexibility index (Phi) is 4.95. The van der Waals surface area contributed by atoms with Crippen LogP contribution in [0.15, 0.2) is 0 Å². The van der Waals surface area contributed by atoms with Crippen molar-refractivity contribution in [2.24, 2.45) is 0 Å². The van der Waals surface area contributed by atoms with Crippen LogP contribution in [0.5, 0.6) is 0 Å². The van der Waals surface area contributed by atoms with E-state index in [2.05, 4.69) is 0 Å². The van der Waals surface area contributed by atoms with Crippen LogP contribution in [-0.4, -0.2) is 39.4 Å². The number of hydrogen-bond acceptors (Lipinski definition) is 3. The van der Waals surface area contributed by atoms with Crippen LogP contribution in [0, 0.1) is 0 Å². The normalized spacial score (nSPS) is 14.2. The maximum Gasteiger partial charge on any atom is 0.307 e. The van der Waals surface area contributed by atoms with Crippen molar-refractivity contribution < 1.29 is 15.0 Å². The lowest BCUT2D eigenvalue weighted by atomic mass is 10.2. The van der Waals surface area contributed by atoms with Crippen molar-refractivity contribution in [2.75, 3.05) is 0 Å². The number of aliphatic hydroxyl groups excluding tert-OH is 1. The zero-order valence-electron chi connectivity index (χ0n) is 8.69. The van der Waals surface area contributed by atoms with Crippen LogP contribution >= 0.6 is 0 Å². The van der Waals surface area contributed by atoms with Gasteiger partial charge in [0.05, 0.1) is 6.42 Å². The molecule has 13 heavy (non-hydrogen) atoms. The fourth-order valence-corrected chi connectivity index (χ4v) is 1.55. The quantitative estimate of drug-likeness (QED) is 0.631. The molecule has 1 unspecified atom stereocenters. The Balaban J connectivity index is 4.28. The predicted molar refractivity (Wildman–Crippen MR) is 50.4 cm³/mol. The minimum absolute atomic E-state index is 0.148. The first-order chi connectivity index (χ1) is 5.86. The summed E-state index contributed by atoms with van der Waals surface area (Å²) >= 11 is 0. The minimum Gasteiger partial charge on any atom is -0.481 e. The summed E-state index contributed by atoms with van der Waals surface area (Å²) in [4.78, 5) is 12.1. The van der Waals surface area contributed by atoms with E-state index in [-0.39, 0.29) is 18.5 Å². The van der Waals surface area contributed by atoms with Gasteiger partial charge < -0.3 is 10.2 Å². The lowest BCUT2D eigenvalue weighted by Crippen LogP contribution is -2.45. The summed E-state index contributed by atoms with van der Waals surface area (Å²) in [6.07, 6.45) is -1.12. The summed E-state index contributed by atoms with van der Waals surface area (Å²) in [6, 6.07) is 0.295. The van der Waals surface area contributed by atoms with Crippen molar-refractivity contribution in [1.29, 1.82) is 0 Å². The van der Waals surface area contributed by atoms with Crippen LogP contribution in [0.25, 0.3) is 0 Å². The maximum atomic E-state index is 10.4. The molecule has 0 aromatic rings. The molecule has 0 heterocycles. The van der Waals surface area contributed by atoms with E-state index in [1.165, 1.54) is 0 Å². The van der Waals surface area contributed by atoms with Gasteiger partial charge in [0.1, 0.15) is 6.23 Å². The topological polar surface area (TPSA) is 60.8 Å². The third kappa shape index (κ3) is 4.24. The van der Waals surface area contributed by atoms with E-state index >= 15 is 0 Å².